The van der Waals surface area contributed by atoms with Crippen molar-refractivity contribution in [3.05, 3.63) is 243 Å². The highest BCUT2D eigenvalue weighted by atomic mass is 31.2. The average molecular weight is 1440 g/mol. The van der Waals surface area contributed by atoms with Crippen molar-refractivity contribution in [2.24, 2.45) is 5.73 Å². The number of hydrogen-bond acceptors (Lipinski definition) is 8. The van der Waals surface area contributed by atoms with E-state index in [1.165, 1.54) is 83.5 Å². The van der Waals surface area contributed by atoms with Crippen molar-refractivity contribution < 1.29 is 37.6 Å². The number of ether oxygens (including phenoxy) is 2. The van der Waals surface area contributed by atoms with Crippen molar-refractivity contribution in [3.8, 4) is 0 Å². The number of rotatable bonds is 73. The molecule has 0 aliphatic carbocycles. The molecule has 0 heterocycles. The minimum atomic E-state index is -4.42. The predicted octanol–water partition coefficient (Wildman–Crippen LogP) is 27.9. The molecule has 0 aliphatic heterocycles. The number of phosphoric ester groups is 1. The molecule has 576 valence electrons. The number of phosphoric acid groups is 1. The number of hydrogen-bond donors (Lipinski definition) is 2. The van der Waals surface area contributed by atoms with E-state index in [1.807, 2.05) is 0 Å². The molecule has 0 aromatic rings. The number of carbonyl (C=O) groups excluding carboxylic acids is 2. The molecule has 2 atom stereocenters. The standard InChI is InChI=1S/C93H146NO8P/c1-3-5-7-9-11-13-15-17-19-21-23-25-27-29-31-33-35-37-39-41-43-45-47-49-51-53-55-57-59-61-63-65-67-69-71-73-75-77-79-81-83-85-92(95)99-89-91(90-101-103(97,98)100-88-87-94)102-93(96)86-84-82-80-78-76-74-72-70-68-66-64-62-60-58-56-54-52-50-48-46-44-42-40-38-36-34-32-30-28-26-24-22-20-18-16-14-12-10-8-6-4-2/h5-8,11-14,17-20,23-26,29-32,35-38,41-44,47-50,54,56,60,62,66,68,72,74,91H,3-4,9-10,15-16,21-22,27-28,33-34,39-40,45-46,51-53,55,57-59,61,63-65,67,69-71,73,75-90,94H2,1-2H3,(H,97,98)/b7-5-,8-6-,13-11-,14-12-,19-17-,20-18-,25-23-,26-24-,31-29-,32-30-,37-35-,38-36-,43-41-,44-42-,49-47-,50-48-,56-54-,62-60-,68-66-,74-72-. The maximum atomic E-state index is 12.8. The third kappa shape index (κ3) is 84.6. The van der Waals surface area contributed by atoms with E-state index in [2.05, 4.69) is 257 Å². The number of allylic oxidation sites excluding steroid dienone is 40. The predicted molar refractivity (Wildman–Crippen MR) is 449 cm³/mol. The molecular weight excluding hydrogens is 1290 g/mol. The van der Waals surface area contributed by atoms with Gasteiger partial charge in [0.05, 0.1) is 13.2 Å². The van der Waals surface area contributed by atoms with Crippen LogP contribution >= 0.6 is 7.82 Å². The van der Waals surface area contributed by atoms with E-state index < -0.39 is 32.5 Å². The van der Waals surface area contributed by atoms with E-state index >= 15 is 0 Å². The van der Waals surface area contributed by atoms with Crippen molar-refractivity contribution >= 4 is 19.8 Å². The van der Waals surface area contributed by atoms with E-state index in [9.17, 15) is 19.0 Å². The molecule has 0 aromatic heterocycles. The number of nitrogens with two attached hydrogens (primary N) is 1. The normalized spacial score (nSPS) is 14.2. The molecule has 0 aromatic carbocycles. The molecule has 0 spiro atoms. The van der Waals surface area contributed by atoms with Crippen LogP contribution in [-0.2, 0) is 32.7 Å². The maximum absolute atomic E-state index is 12.8. The lowest BCUT2D eigenvalue weighted by Gasteiger charge is -2.19. The molecule has 0 saturated heterocycles. The molecule has 0 fully saturated rings. The Kier molecular flexibility index (Phi) is 79.7. The molecule has 2 unspecified atom stereocenters. The Bertz CT molecular complexity index is 2610. The Labute approximate surface area is 631 Å². The second-order valence-corrected chi connectivity index (χ2v) is 27.3. The lowest BCUT2D eigenvalue weighted by molar-refractivity contribution is -0.161. The van der Waals surface area contributed by atoms with Crippen LogP contribution in [0.3, 0.4) is 0 Å². The molecule has 0 amide bonds. The van der Waals surface area contributed by atoms with Gasteiger partial charge in [-0.05, 0) is 167 Å². The quantitative estimate of drug-likeness (QED) is 0.0264. The molecule has 0 bridgehead atoms. The molecule has 10 heteroatoms. The van der Waals surface area contributed by atoms with Crippen LogP contribution in [-0.4, -0.2) is 49.3 Å². The van der Waals surface area contributed by atoms with Crippen molar-refractivity contribution in [2.45, 2.75) is 302 Å². The van der Waals surface area contributed by atoms with E-state index in [0.717, 1.165) is 180 Å². The summed E-state index contributed by atoms with van der Waals surface area (Å²) in [5.41, 5.74) is 5.41. The summed E-state index contributed by atoms with van der Waals surface area (Å²) in [7, 11) is -4.42. The van der Waals surface area contributed by atoms with Crippen LogP contribution < -0.4 is 5.73 Å². The Morgan fingerprint density at radius 2 is 0.505 bits per heavy atom. The van der Waals surface area contributed by atoms with Gasteiger partial charge in [0.1, 0.15) is 6.61 Å². The first-order chi connectivity index (χ1) is 50.8. The zero-order valence-electron chi connectivity index (χ0n) is 64.9. The third-order valence-corrected chi connectivity index (χ3v) is 17.2. The first kappa shape index (κ1) is 96.8. The largest absolute Gasteiger partial charge is 0.472 e. The van der Waals surface area contributed by atoms with Gasteiger partial charge in [0.15, 0.2) is 6.10 Å². The highest BCUT2D eigenvalue weighted by molar-refractivity contribution is 7.47. The minimum Gasteiger partial charge on any atom is -0.462 e. The van der Waals surface area contributed by atoms with Gasteiger partial charge in [0, 0.05) is 19.4 Å². The zero-order chi connectivity index (χ0) is 74.3. The summed E-state index contributed by atoms with van der Waals surface area (Å²) in [5, 5.41) is 0. The van der Waals surface area contributed by atoms with Gasteiger partial charge in [0.25, 0.3) is 0 Å². The highest BCUT2D eigenvalue weighted by Crippen LogP contribution is 2.43. The number of carbonyl (C=O) groups is 2. The number of unbranched alkanes of at least 4 members (excludes halogenated alkanes) is 20. The molecular formula is C93H146NO8P. The Balaban J connectivity index is 3.97. The zero-order valence-corrected chi connectivity index (χ0v) is 65.8. The topological polar surface area (TPSA) is 134 Å². The van der Waals surface area contributed by atoms with Crippen LogP contribution in [0.5, 0.6) is 0 Å². The van der Waals surface area contributed by atoms with Gasteiger partial charge in [-0.1, -0.05) is 360 Å². The van der Waals surface area contributed by atoms with E-state index in [-0.39, 0.29) is 32.6 Å². The fraction of sp³-hybridized carbons (Fsp3) is 0.548. The second kappa shape index (κ2) is 84.7. The lowest BCUT2D eigenvalue weighted by atomic mass is 10.0. The molecule has 0 rings (SSSR count). The summed E-state index contributed by atoms with van der Waals surface area (Å²) in [4.78, 5) is 35.5. The van der Waals surface area contributed by atoms with Crippen LogP contribution in [0.2, 0.25) is 0 Å². The van der Waals surface area contributed by atoms with Gasteiger partial charge in [-0.2, -0.15) is 0 Å². The van der Waals surface area contributed by atoms with E-state index in [0.29, 0.717) is 6.42 Å². The first-order valence-electron chi connectivity index (χ1n) is 40.5. The van der Waals surface area contributed by atoms with Crippen molar-refractivity contribution in [1.29, 1.82) is 0 Å². The summed E-state index contributed by atoms with van der Waals surface area (Å²) >= 11 is 0. The first-order valence-corrected chi connectivity index (χ1v) is 42.0. The average Bonchev–Trinajstić information content (AvgIpc) is 0.970. The molecule has 0 aliphatic rings. The van der Waals surface area contributed by atoms with Crippen molar-refractivity contribution in [1.82, 2.24) is 0 Å². The van der Waals surface area contributed by atoms with Gasteiger partial charge >= 0.3 is 19.8 Å². The molecule has 103 heavy (non-hydrogen) atoms. The van der Waals surface area contributed by atoms with Crippen LogP contribution in [0.15, 0.2) is 243 Å². The fourth-order valence-corrected chi connectivity index (χ4v) is 11.1. The summed E-state index contributed by atoms with van der Waals surface area (Å²) in [5.74, 6) is -0.868. The third-order valence-electron chi connectivity index (χ3n) is 16.2. The van der Waals surface area contributed by atoms with Crippen LogP contribution in [0, 0.1) is 0 Å². The monoisotopic (exact) mass is 1440 g/mol. The second-order valence-electron chi connectivity index (χ2n) is 25.8. The Morgan fingerprint density at radius 3 is 0.748 bits per heavy atom. The minimum absolute atomic E-state index is 0.0380. The molecule has 0 saturated carbocycles. The maximum Gasteiger partial charge on any atom is 0.472 e. The Hall–Kier alpha value is -6.19. The summed E-state index contributed by atoms with van der Waals surface area (Å²) in [6.45, 7) is 3.47. The lowest BCUT2D eigenvalue weighted by Crippen LogP contribution is -2.29. The Morgan fingerprint density at radius 1 is 0.291 bits per heavy atom. The fourth-order valence-electron chi connectivity index (χ4n) is 10.3. The molecule has 3 N–H and O–H groups in total. The smallest absolute Gasteiger partial charge is 0.462 e. The molecule has 0 radical (unpaired) electrons. The van der Waals surface area contributed by atoms with Crippen LogP contribution in [0.4, 0.5) is 0 Å². The van der Waals surface area contributed by atoms with E-state index in [1.54, 1.807) is 0 Å². The van der Waals surface area contributed by atoms with Gasteiger partial charge in [0.2, 0.25) is 0 Å². The number of esters is 2. The highest BCUT2D eigenvalue weighted by Gasteiger charge is 2.26. The summed E-state index contributed by atoms with van der Waals surface area (Å²) < 4.78 is 33.2. The van der Waals surface area contributed by atoms with Gasteiger partial charge in [-0.3, -0.25) is 18.6 Å². The van der Waals surface area contributed by atoms with Gasteiger partial charge in [-0.15, -0.1) is 0 Å². The van der Waals surface area contributed by atoms with Crippen LogP contribution in [0.25, 0.3) is 0 Å². The van der Waals surface area contributed by atoms with Crippen LogP contribution in [0.1, 0.15) is 296 Å². The van der Waals surface area contributed by atoms with Gasteiger partial charge in [-0.25, -0.2) is 4.57 Å². The molecule has 9 nitrogen and oxygen atoms in total. The SMILES string of the molecule is CC/C=C\C/C=C\C/C=C\C/C=C\C/C=C\C/C=C\C/C=C\C/C=C\C/C=C\C/C=C\C/C=C\C/C=C\CCCCCCC(=O)OC(COC(=O)CCCCCCCCCCCCCCCCCC/C=C\C/C=C\C/C=C\C/C=C\C/C=C\C/C=C\C/C=C\C/C=C\CC)COP(=O)(O)OCCN. The summed E-state index contributed by atoms with van der Waals surface area (Å²) in [6, 6.07) is 0. The van der Waals surface area contributed by atoms with E-state index in [4.69, 9.17) is 24.3 Å². The van der Waals surface area contributed by atoms with Gasteiger partial charge < -0.3 is 20.1 Å². The van der Waals surface area contributed by atoms with Crippen molar-refractivity contribution in [3.63, 3.8) is 0 Å². The summed E-state index contributed by atoms with van der Waals surface area (Å²) in [6.07, 6.45) is 134. The van der Waals surface area contributed by atoms with Crippen molar-refractivity contribution in [2.75, 3.05) is 26.4 Å².